The van der Waals surface area contributed by atoms with E-state index >= 15 is 9.13 Å². The molecule has 0 N–H and O–H groups in total. The Kier molecular flexibility index (Phi) is 4.60. The lowest BCUT2D eigenvalue weighted by molar-refractivity contribution is 0.592. The van der Waals surface area contributed by atoms with Gasteiger partial charge in [-0.1, -0.05) is 109 Å². The van der Waals surface area contributed by atoms with E-state index in [2.05, 4.69) is 6.07 Å². The van der Waals surface area contributed by atoms with Gasteiger partial charge < -0.3 is 9.13 Å². The second-order valence-corrected chi connectivity index (χ2v) is 15.1. The lowest BCUT2D eigenvalue weighted by Gasteiger charge is -2.23. The second kappa shape index (κ2) is 7.64. The summed E-state index contributed by atoms with van der Waals surface area (Å²) in [5, 5.41) is 6.90. The van der Waals surface area contributed by atoms with E-state index in [1.807, 2.05) is 115 Å². The molecule has 0 saturated carbocycles. The molecule has 0 bridgehead atoms. The zero-order chi connectivity index (χ0) is 23.6. The van der Waals surface area contributed by atoms with Gasteiger partial charge in [0.25, 0.3) is 0 Å². The minimum Gasteiger partial charge on any atom is -0.309 e. The Hall–Kier alpha value is -3.22. The number of hydrogen-bond acceptors (Lipinski definition) is 3. The van der Waals surface area contributed by atoms with Gasteiger partial charge in [0.05, 0.1) is 4.88 Å². The molecule has 7 rings (SSSR count). The minimum absolute atomic E-state index is 0.787. The summed E-state index contributed by atoms with van der Waals surface area (Å²) in [6, 6.07) is 37.6. The zero-order valence-corrected chi connectivity index (χ0v) is 21.3. The summed E-state index contributed by atoms with van der Waals surface area (Å²) in [5.74, 6) is 0. The van der Waals surface area contributed by atoms with Crippen molar-refractivity contribution in [2.24, 2.45) is 0 Å². The van der Waals surface area contributed by atoms with Crippen molar-refractivity contribution in [1.82, 2.24) is 0 Å². The molecule has 5 heteroatoms. The molecule has 168 valence electrons. The fourth-order valence-corrected chi connectivity index (χ4v) is 13.6. The molecule has 5 aromatic rings. The van der Waals surface area contributed by atoms with Gasteiger partial charge in [0.2, 0.25) is 0 Å². The Morgan fingerprint density at radius 3 is 1.57 bits per heavy atom. The van der Waals surface area contributed by atoms with Crippen LogP contribution >= 0.6 is 25.6 Å². The first-order valence-electron chi connectivity index (χ1n) is 11.5. The van der Waals surface area contributed by atoms with Crippen LogP contribution in [0.4, 0.5) is 0 Å². The SMILES string of the molecule is O=P1(c2ccccc2)C2=C(c3ccccc31)c1ccccc1P(=O)(c1ccccc1)c1ccsc12. The molecule has 0 fully saturated rings. The molecule has 2 aliphatic rings. The monoisotopic (exact) mass is 506 g/mol. The van der Waals surface area contributed by atoms with Gasteiger partial charge in [0.15, 0.2) is 14.3 Å². The van der Waals surface area contributed by atoms with Crippen molar-refractivity contribution in [2.45, 2.75) is 0 Å². The first-order chi connectivity index (χ1) is 17.1. The maximum Gasteiger partial charge on any atom is 0.173 e. The molecule has 0 spiro atoms. The van der Waals surface area contributed by atoms with Crippen molar-refractivity contribution in [3.05, 3.63) is 137 Å². The van der Waals surface area contributed by atoms with Crippen LogP contribution in [0, 0.1) is 0 Å². The Balaban J connectivity index is 1.69. The predicted molar refractivity (Wildman–Crippen MR) is 149 cm³/mol. The summed E-state index contributed by atoms with van der Waals surface area (Å²) in [6.07, 6.45) is 0. The summed E-state index contributed by atoms with van der Waals surface area (Å²) >= 11 is 1.55. The number of benzene rings is 4. The highest BCUT2D eigenvalue weighted by Gasteiger charge is 2.49. The number of fused-ring (bicyclic) bond motifs is 6. The van der Waals surface area contributed by atoms with Gasteiger partial charge in [-0.15, -0.1) is 11.3 Å². The lowest BCUT2D eigenvalue weighted by atomic mass is 9.97. The summed E-state index contributed by atoms with van der Waals surface area (Å²) in [6.45, 7) is 0. The van der Waals surface area contributed by atoms with E-state index in [0.717, 1.165) is 53.4 Å². The zero-order valence-electron chi connectivity index (χ0n) is 18.7. The quantitative estimate of drug-likeness (QED) is 0.278. The second-order valence-electron chi connectivity index (χ2n) is 8.78. The lowest BCUT2D eigenvalue weighted by Crippen LogP contribution is -2.27. The van der Waals surface area contributed by atoms with Crippen LogP contribution in [0.15, 0.2) is 121 Å². The predicted octanol–water partition coefficient (Wildman–Crippen LogP) is 5.95. The number of rotatable bonds is 2. The molecule has 1 aromatic heterocycles. The molecule has 0 saturated heterocycles. The van der Waals surface area contributed by atoms with E-state index in [1.54, 1.807) is 11.3 Å². The van der Waals surface area contributed by atoms with Crippen molar-refractivity contribution in [3.63, 3.8) is 0 Å². The molecule has 0 amide bonds. The molecule has 2 aliphatic heterocycles. The number of thiophene rings is 1. The molecule has 4 aromatic carbocycles. The van der Waals surface area contributed by atoms with Crippen LogP contribution in [0.1, 0.15) is 16.0 Å². The van der Waals surface area contributed by atoms with E-state index in [1.165, 1.54) is 0 Å². The summed E-state index contributed by atoms with van der Waals surface area (Å²) in [7, 11) is -6.41. The van der Waals surface area contributed by atoms with Crippen LogP contribution < -0.4 is 26.5 Å². The van der Waals surface area contributed by atoms with E-state index in [0.29, 0.717) is 0 Å². The van der Waals surface area contributed by atoms with E-state index in [-0.39, 0.29) is 0 Å². The first kappa shape index (κ1) is 21.1. The third-order valence-corrected chi connectivity index (χ3v) is 14.6. The maximum atomic E-state index is 15.4. The van der Waals surface area contributed by atoms with Gasteiger partial charge in [-0.05, 0) is 22.6 Å². The Morgan fingerprint density at radius 2 is 0.971 bits per heavy atom. The van der Waals surface area contributed by atoms with Crippen molar-refractivity contribution >= 4 is 63.0 Å². The van der Waals surface area contributed by atoms with Crippen molar-refractivity contribution < 1.29 is 9.13 Å². The highest BCUT2D eigenvalue weighted by Crippen LogP contribution is 2.68. The normalized spacial score (nSPS) is 22.1. The van der Waals surface area contributed by atoms with Crippen molar-refractivity contribution in [2.75, 3.05) is 0 Å². The van der Waals surface area contributed by atoms with Crippen LogP contribution in [0.25, 0.3) is 10.9 Å². The smallest absolute Gasteiger partial charge is 0.173 e. The van der Waals surface area contributed by atoms with Crippen LogP contribution in [0.2, 0.25) is 0 Å². The average Bonchev–Trinajstić information content (AvgIpc) is 3.49. The maximum absolute atomic E-state index is 15.4. The molecule has 3 heterocycles. The van der Waals surface area contributed by atoms with Crippen LogP contribution in [-0.2, 0) is 9.13 Å². The van der Waals surface area contributed by atoms with Gasteiger partial charge >= 0.3 is 0 Å². The van der Waals surface area contributed by atoms with E-state index in [9.17, 15) is 0 Å². The Morgan fingerprint density at radius 1 is 0.486 bits per heavy atom. The van der Waals surface area contributed by atoms with Crippen molar-refractivity contribution in [1.29, 1.82) is 0 Å². The average molecular weight is 507 g/mol. The largest absolute Gasteiger partial charge is 0.309 e. The van der Waals surface area contributed by atoms with Crippen LogP contribution in [-0.4, -0.2) is 0 Å². The van der Waals surface area contributed by atoms with Gasteiger partial charge in [0, 0.05) is 37.4 Å². The van der Waals surface area contributed by atoms with Crippen LogP contribution in [0.3, 0.4) is 0 Å². The van der Waals surface area contributed by atoms with Gasteiger partial charge in [-0.2, -0.15) is 0 Å². The fourth-order valence-electron chi connectivity index (χ4n) is 5.53. The van der Waals surface area contributed by atoms with Gasteiger partial charge in [0.1, 0.15) is 0 Å². The highest BCUT2D eigenvalue weighted by atomic mass is 32.1. The van der Waals surface area contributed by atoms with Crippen molar-refractivity contribution in [3.8, 4) is 0 Å². The molecule has 2 unspecified atom stereocenters. The molecule has 0 radical (unpaired) electrons. The third-order valence-electron chi connectivity index (χ3n) is 7.02. The minimum atomic E-state index is -3.21. The highest BCUT2D eigenvalue weighted by molar-refractivity contribution is 7.90. The summed E-state index contributed by atoms with van der Waals surface area (Å²) in [4.78, 5) is 0.881. The van der Waals surface area contributed by atoms with E-state index < -0.39 is 14.3 Å². The molecule has 0 aliphatic carbocycles. The first-order valence-corrected chi connectivity index (χ1v) is 15.8. The standard InChI is InChI=1S/C30H20O2P2S/c31-33(21-11-3-1-4-12-21)25-17-9-7-15-23(25)28-24-16-8-10-18-26(24)34(32,22-13-5-2-6-14-22)29(28)30-27(33)19-20-35-30/h1-20H. The molecule has 2 nitrogen and oxygen atoms in total. The Bertz CT molecular complexity index is 1750. The summed E-state index contributed by atoms with van der Waals surface area (Å²) in [5.41, 5.74) is 2.85. The Labute approximate surface area is 208 Å². The van der Waals surface area contributed by atoms with E-state index in [4.69, 9.17) is 0 Å². The molecular weight excluding hydrogens is 486 g/mol. The summed E-state index contributed by atoms with van der Waals surface area (Å²) < 4.78 is 30.8. The topological polar surface area (TPSA) is 34.1 Å². The fraction of sp³-hybridized carbons (Fsp3) is 0. The third kappa shape index (κ3) is 2.72. The molecule has 35 heavy (non-hydrogen) atoms. The molecule has 2 atom stereocenters. The molecular formula is C30H20O2P2S. The van der Waals surface area contributed by atoms with Crippen LogP contribution in [0.5, 0.6) is 0 Å². The van der Waals surface area contributed by atoms with Gasteiger partial charge in [-0.3, -0.25) is 0 Å². The van der Waals surface area contributed by atoms with Gasteiger partial charge in [-0.25, -0.2) is 0 Å². The number of hydrogen-bond donors (Lipinski definition) is 0.